The standard InChI is InChI=1S/C15H19NO2S/c1-12(17)7-9-19-11-15(18)16-8-6-13-4-2-3-5-14(13)10-16/h2-5H,6-11H2,1H3. The van der Waals surface area contributed by atoms with Crippen LogP contribution in [0.1, 0.15) is 24.5 Å². The number of hydrogen-bond donors (Lipinski definition) is 0. The number of carbonyl (C=O) groups is 2. The molecule has 1 amide bonds. The molecule has 0 atom stereocenters. The van der Waals surface area contributed by atoms with Gasteiger partial charge in [0.2, 0.25) is 5.91 Å². The molecule has 1 aliphatic rings. The summed E-state index contributed by atoms with van der Waals surface area (Å²) in [6, 6.07) is 8.30. The molecule has 3 nitrogen and oxygen atoms in total. The monoisotopic (exact) mass is 277 g/mol. The smallest absolute Gasteiger partial charge is 0.232 e. The number of benzene rings is 1. The van der Waals surface area contributed by atoms with Crippen molar-refractivity contribution in [3.05, 3.63) is 35.4 Å². The third kappa shape index (κ3) is 4.10. The van der Waals surface area contributed by atoms with Crippen LogP contribution in [0.5, 0.6) is 0 Å². The van der Waals surface area contributed by atoms with Gasteiger partial charge in [-0.05, 0) is 24.5 Å². The highest BCUT2D eigenvalue weighted by Crippen LogP contribution is 2.19. The molecule has 0 spiro atoms. The zero-order chi connectivity index (χ0) is 13.7. The Kier molecular flexibility index (Phi) is 5.02. The van der Waals surface area contributed by atoms with Gasteiger partial charge in [-0.15, -0.1) is 0 Å². The molecule has 0 aliphatic carbocycles. The average molecular weight is 277 g/mol. The van der Waals surface area contributed by atoms with Gasteiger partial charge in [-0.25, -0.2) is 0 Å². The molecule has 0 fully saturated rings. The van der Waals surface area contributed by atoms with Crippen molar-refractivity contribution in [2.24, 2.45) is 0 Å². The van der Waals surface area contributed by atoms with Crippen molar-refractivity contribution in [1.29, 1.82) is 0 Å². The molecule has 1 aromatic carbocycles. The SMILES string of the molecule is CC(=O)CCSCC(=O)N1CCc2ccccc2C1. The molecule has 1 aromatic rings. The minimum Gasteiger partial charge on any atom is -0.337 e. The highest BCUT2D eigenvalue weighted by atomic mass is 32.2. The van der Waals surface area contributed by atoms with Gasteiger partial charge in [0, 0.05) is 25.3 Å². The summed E-state index contributed by atoms with van der Waals surface area (Å²) in [5, 5.41) is 0. The lowest BCUT2D eigenvalue weighted by atomic mass is 10.00. The van der Waals surface area contributed by atoms with Gasteiger partial charge >= 0.3 is 0 Å². The number of nitrogens with zero attached hydrogens (tertiary/aromatic N) is 1. The molecule has 0 N–H and O–H groups in total. The van der Waals surface area contributed by atoms with E-state index in [1.54, 1.807) is 18.7 Å². The summed E-state index contributed by atoms with van der Waals surface area (Å²) in [6.07, 6.45) is 1.50. The van der Waals surface area contributed by atoms with Gasteiger partial charge in [-0.3, -0.25) is 9.59 Å². The molecule has 2 rings (SSSR count). The Morgan fingerprint density at radius 2 is 2.00 bits per heavy atom. The Labute approximate surface area is 118 Å². The zero-order valence-electron chi connectivity index (χ0n) is 11.2. The number of fused-ring (bicyclic) bond motifs is 1. The van der Waals surface area contributed by atoms with Crippen molar-refractivity contribution in [2.75, 3.05) is 18.1 Å². The second kappa shape index (κ2) is 6.75. The Hall–Kier alpha value is -1.29. The Morgan fingerprint density at radius 3 is 2.74 bits per heavy atom. The summed E-state index contributed by atoms with van der Waals surface area (Å²) < 4.78 is 0. The predicted octanol–water partition coefficient (Wildman–Crippen LogP) is 2.28. The second-order valence-electron chi connectivity index (χ2n) is 4.84. The molecule has 0 unspecified atom stereocenters. The molecule has 0 saturated carbocycles. The predicted molar refractivity (Wildman–Crippen MR) is 78.2 cm³/mol. The number of carbonyl (C=O) groups excluding carboxylic acids is 2. The normalized spacial score (nSPS) is 14.1. The van der Waals surface area contributed by atoms with Crippen molar-refractivity contribution < 1.29 is 9.59 Å². The first-order chi connectivity index (χ1) is 9.16. The van der Waals surface area contributed by atoms with Crippen LogP contribution in [0, 0.1) is 0 Å². The molecule has 102 valence electrons. The van der Waals surface area contributed by atoms with Crippen LogP contribution in [0.25, 0.3) is 0 Å². The lowest BCUT2D eigenvalue weighted by Gasteiger charge is -2.28. The van der Waals surface area contributed by atoms with E-state index < -0.39 is 0 Å². The average Bonchev–Trinajstić information content (AvgIpc) is 2.42. The van der Waals surface area contributed by atoms with Crippen molar-refractivity contribution >= 4 is 23.5 Å². The molecule has 0 saturated heterocycles. The van der Waals surface area contributed by atoms with Gasteiger partial charge in [0.25, 0.3) is 0 Å². The zero-order valence-corrected chi connectivity index (χ0v) is 12.0. The minimum absolute atomic E-state index is 0.183. The Bertz CT molecular complexity index is 473. The minimum atomic E-state index is 0.183. The topological polar surface area (TPSA) is 37.4 Å². The molecule has 0 aromatic heterocycles. The summed E-state index contributed by atoms with van der Waals surface area (Å²) in [6.45, 7) is 3.12. The number of hydrogen-bond acceptors (Lipinski definition) is 3. The van der Waals surface area contributed by atoms with Crippen molar-refractivity contribution in [2.45, 2.75) is 26.3 Å². The van der Waals surface area contributed by atoms with Gasteiger partial charge in [0.05, 0.1) is 5.75 Å². The van der Waals surface area contributed by atoms with Crippen LogP contribution in [-0.4, -0.2) is 34.6 Å². The van der Waals surface area contributed by atoms with E-state index in [2.05, 4.69) is 12.1 Å². The van der Waals surface area contributed by atoms with E-state index in [-0.39, 0.29) is 11.7 Å². The lowest BCUT2D eigenvalue weighted by molar-refractivity contribution is -0.129. The summed E-state index contributed by atoms with van der Waals surface area (Å²) in [7, 11) is 0. The molecule has 4 heteroatoms. The van der Waals surface area contributed by atoms with E-state index in [9.17, 15) is 9.59 Å². The third-order valence-electron chi connectivity index (χ3n) is 3.31. The van der Waals surface area contributed by atoms with Gasteiger partial charge in [0.1, 0.15) is 5.78 Å². The Balaban J connectivity index is 1.80. The second-order valence-corrected chi connectivity index (χ2v) is 5.94. The summed E-state index contributed by atoms with van der Waals surface area (Å²) in [5.41, 5.74) is 2.62. The first-order valence-corrected chi connectivity index (χ1v) is 7.74. The summed E-state index contributed by atoms with van der Waals surface area (Å²) in [4.78, 5) is 24.8. The van der Waals surface area contributed by atoms with E-state index in [4.69, 9.17) is 0 Å². The van der Waals surface area contributed by atoms with Crippen LogP contribution >= 0.6 is 11.8 Å². The maximum atomic E-state index is 12.1. The Morgan fingerprint density at radius 1 is 1.26 bits per heavy atom. The van der Waals surface area contributed by atoms with Gasteiger partial charge in [-0.2, -0.15) is 11.8 Å². The fourth-order valence-electron chi connectivity index (χ4n) is 2.18. The fourth-order valence-corrected chi connectivity index (χ4v) is 3.11. The first-order valence-electron chi connectivity index (χ1n) is 6.58. The maximum absolute atomic E-state index is 12.1. The van der Waals surface area contributed by atoms with Gasteiger partial charge in [0.15, 0.2) is 0 Å². The number of Topliss-reactive ketones (excluding diaryl/α,β-unsaturated/α-hetero) is 1. The number of thioether (sulfide) groups is 1. The van der Waals surface area contributed by atoms with Crippen LogP contribution in [-0.2, 0) is 22.6 Å². The van der Waals surface area contributed by atoms with Crippen LogP contribution in [0.4, 0.5) is 0 Å². The van der Waals surface area contributed by atoms with Gasteiger partial charge < -0.3 is 4.90 Å². The van der Waals surface area contributed by atoms with Crippen LogP contribution < -0.4 is 0 Å². The quantitative estimate of drug-likeness (QED) is 0.775. The number of ketones is 1. The van der Waals surface area contributed by atoms with E-state index in [1.807, 2.05) is 17.0 Å². The van der Waals surface area contributed by atoms with Gasteiger partial charge in [-0.1, -0.05) is 24.3 Å². The highest BCUT2D eigenvalue weighted by molar-refractivity contribution is 7.99. The fraction of sp³-hybridized carbons (Fsp3) is 0.467. The lowest BCUT2D eigenvalue weighted by Crippen LogP contribution is -2.37. The molecule has 0 bridgehead atoms. The molecule has 19 heavy (non-hydrogen) atoms. The van der Waals surface area contributed by atoms with E-state index >= 15 is 0 Å². The van der Waals surface area contributed by atoms with E-state index in [1.165, 1.54) is 11.1 Å². The molecular weight excluding hydrogens is 258 g/mol. The molecule has 1 heterocycles. The first kappa shape index (κ1) is 14.1. The van der Waals surface area contributed by atoms with Crippen LogP contribution in [0.2, 0.25) is 0 Å². The maximum Gasteiger partial charge on any atom is 0.232 e. The number of amides is 1. The number of rotatable bonds is 5. The molecular formula is C15H19NO2S. The highest BCUT2D eigenvalue weighted by Gasteiger charge is 2.19. The summed E-state index contributed by atoms with van der Waals surface area (Å²) >= 11 is 1.55. The van der Waals surface area contributed by atoms with E-state index in [0.29, 0.717) is 12.2 Å². The van der Waals surface area contributed by atoms with Crippen molar-refractivity contribution in [1.82, 2.24) is 4.90 Å². The molecule has 1 aliphatic heterocycles. The van der Waals surface area contributed by atoms with Crippen molar-refractivity contribution in [3.63, 3.8) is 0 Å². The largest absolute Gasteiger partial charge is 0.337 e. The molecule has 0 radical (unpaired) electrons. The summed E-state index contributed by atoms with van der Waals surface area (Å²) in [5.74, 6) is 1.59. The van der Waals surface area contributed by atoms with Crippen LogP contribution in [0.15, 0.2) is 24.3 Å². The van der Waals surface area contributed by atoms with Crippen LogP contribution in [0.3, 0.4) is 0 Å². The van der Waals surface area contributed by atoms with Crippen molar-refractivity contribution in [3.8, 4) is 0 Å². The van der Waals surface area contributed by atoms with E-state index in [0.717, 1.165) is 25.3 Å². The third-order valence-corrected chi connectivity index (χ3v) is 4.25.